The van der Waals surface area contributed by atoms with Gasteiger partial charge in [-0.2, -0.15) is 5.10 Å². The molecule has 0 aromatic carbocycles. The first-order valence-corrected chi connectivity index (χ1v) is 9.41. The van der Waals surface area contributed by atoms with Crippen molar-refractivity contribution in [2.45, 2.75) is 20.0 Å². The van der Waals surface area contributed by atoms with Gasteiger partial charge in [0.05, 0.1) is 23.0 Å². The van der Waals surface area contributed by atoms with Gasteiger partial charge in [0.15, 0.2) is 0 Å². The lowest BCUT2D eigenvalue weighted by Crippen LogP contribution is -2.31. The highest BCUT2D eigenvalue weighted by molar-refractivity contribution is 6.00. The number of amides is 1. The van der Waals surface area contributed by atoms with E-state index in [1.165, 1.54) is 6.20 Å². The van der Waals surface area contributed by atoms with Crippen LogP contribution in [-0.4, -0.2) is 57.5 Å². The first-order chi connectivity index (χ1) is 14.3. The molecule has 0 aliphatic heterocycles. The predicted molar refractivity (Wildman–Crippen MR) is 115 cm³/mol. The number of carbonyl (C=O) groups excluding carboxylic acids is 1. The number of nitrogens with one attached hydrogen (secondary N) is 3. The zero-order valence-corrected chi connectivity index (χ0v) is 17.3. The lowest BCUT2D eigenvalue weighted by molar-refractivity contribution is 0.0924. The minimum atomic E-state index is -0.665. The van der Waals surface area contributed by atoms with Gasteiger partial charge in [-0.05, 0) is 32.0 Å². The Labute approximate surface area is 173 Å². The van der Waals surface area contributed by atoms with E-state index in [-0.39, 0.29) is 18.0 Å². The SMILES string of the molecule is Cc1ccnn1-c1cc(Nc2ccncc2C(=O)NCC(C)O)c(N(C)C)[nH]c1=O. The molecule has 158 valence electrons. The highest BCUT2D eigenvalue weighted by Gasteiger charge is 2.17. The Bertz CT molecular complexity index is 1100. The van der Waals surface area contributed by atoms with Gasteiger partial charge in [0.1, 0.15) is 11.5 Å². The number of aliphatic hydroxyl groups excluding tert-OH is 1. The van der Waals surface area contributed by atoms with Crippen LogP contribution in [0.15, 0.2) is 41.6 Å². The second-order valence-corrected chi connectivity index (χ2v) is 7.13. The van der Waals surface area contributed by atoms with Crippen LogP contribution in [-0.2, 0) is 0 Å². The van der Waals surface area contributed by atoms with Gasteiger partial charge in [-0.3, -0.25) is 14.6 Å². The average Bonchev–Trinajstić information content (AvgIpc) is 3.13. The normalized spacial score (nSPS) is 11.8. The number of anilines is 3. The summed E-state index contributed by atoms with van der Waals surface area (Å²) >= 11 is 0. The van der Waals surface area contributed by atoms with Crippen LogP contribution >= 0.6 is 0 Å². The van der Waals surface area contributed by atoms with Gasteiger partial charge in [0.25, 0.3) is 11.5 Å². The van der Waals surface area contributed by atoms with Gasteiger partial charge in [-0.15, -0.1) is 0 Å². The maximum absolute atomic E-state index is 12.7. The number of aromatic nitrogens is 4. The molecule has 10 heteroatoms. The third kappa shape index (κ3) is 4.49. The summed E-state index contributed by atoms with van der Waals surface area (Å²) in [5, 5.41) is 19.5. The molecule has 3 rings (SSSR count). The van der Waals surface area contributed by atoms with Gasteiger partial charge in [0, 0.05) is 44.9 Å². The van der Waals surface area contributed by atoms with Crippen molar-refractivity contribution in [2.75, 3.05) is 30.9 Å². The molecule has 3 aromatic rings. The van der Waals surface area contributed by atoms with Gasteiger partial charge >= 0.3 is 0 Å². The first-order valence-electron chi connectivity index (χ1n) is 9.41. The predicted octanol–water partition coefficient (Wildman–Crippen LogP) is 1.18. The molecule has 0 aliphatic carbocycles. The van der Waals surface area contributed by atoms with Crippen molar-refractivity contribution in [3.63, 3.8) is 0 Å². The van der Waals surface area contributed by atoms with E-state index in [1.807, 2.05) is 6.92 Å². The number of rotatable bonds is 7. The largest absolute Gasteiger partial charge is 0.392 e. The number of hydrogen-bond acceptors (Lipinski definition) is 7. The summed E-state index contributed by atoms with van der Waals surface area (Å²) in [6.07, 6.45) is 3.96. The van der Waals surface area contributed by atoms with Crippen LogP contribution in [0.5, 0.6) is 0 Å². The van der Waals surface area contributed by atoms with Gasteiger partial charge < -0.3 is 25.6 Å². The lowest BCUT2D eigenvalue weighted by atomic mass is 10.2. The highest BCUT2D eigenvalue weighted by atomic mass is 16.3. The average molecular weight is 411 g/mol. The second-order valence-electron chi connectivity index (χ2n) is 7.13. The fourth-order valence-corrected chi connectivity index (χ4v) is 2.90. The van der Waals surface area contributed by atoms with E-state index in [2.05, 4.69) is 25.7 Å². The minimum Gasteiger partial charge on any atom is -0.392 e. The topological polar surface area (TPSA) is 128 Å². The third-order valence-corrected chi connectivity index (χ3v) is 4.40. The lowest BCUT2D eigenvalue weighted by Gasteiger charge is -2.20. The van der Waals surface area contributed by atoms with E-state index in [0.717, 1.165) is 5.69 Å². The highest BCUT2D eigenvalue weighted by Crippen LogP contribution is 2.28. The molecule has 0 saturated heterocycles. The molecule has 10 nitrogen and oxygen atoms in total. The zero-order chi connectivity index (χ0) is 21.8. The number of pyridine rings is 2. The van der Waals surface area contributed by atoms with Crippen molar-refractivity contribution in [2.24, 2.45) is 0 Å². The summed E-state index contributed by atoms with van der Waals surface area (Å²) in [6, 6.07) is 5.16. The molecule has 0 saturated carbocycles. The van der Waals surface area contributed by atoms with Crippen LogP contribution in [0, 0.1) is 6.92 Å². The third-order valence-electron chi connectivity index (χ3n) is 4.40. The summed E-state index contributed by atoms with van der Waals surface area (Å²) < 4.78 is 1.55. The molecule has 30 heavy (non-hydrogen) atoms. The minimum absolute atomic E-state index is 0.123. The molecule has 4 N–H and O–H groups in total. The molecule has 0 fully saturated rings. The Balaban J connectivity index is 2.04. The van der Waals surface area contributed by atoms with E-state index < -0.39 is 6.10 Å². The van der Waals surface area contributed by atoms with Crippen LogP contribution < -0.4 is 21.1 Å². The fraction of sp³-hybridized carbons (Fsp3) is 0.300. The Hall–Kier alpha value is -3.66. The monoisotopic (exact) mass is 411 g/mol. The number of carbonyl (C=O) groups is 1. The number of hydrogen-bond donors (Lipinski definition) is 4. The Morgan fingerprint density at radius 1 is 1.30 bits per heavy atom. The summed E-state index contributed by atoms with van der Waals surface area (Å²) in [7, 11) is 3.61. The van der Waals surface area contributed by atoms with Crippen LogP contribution in [0.2, 0.25) is 0 Å². The molecule has 0 spiro atoms. The summed E-state index contributed by atoms with van der Waals surface area (Å²) in [4.78, 5) is 33.9. The molecular formula is C20H25N7O3. The van der Waals surface area contributed by atoms with E-state index in [0.29, 0.717) is 28.4 Å². The Morgan fingerprint density at radius 3 is 2.70 bits per heavy atom. The van der Waals surface area contributed by atoms with Crippen LogP contribution in [0.1, 0.15) is 23.0 Å². The quantitative estimate of drug-likeness (QED) is 0.460. The molecule has 1 unspecified atom stereocenters. The van der Waals surface area contributed by atoms with Crippen LogP contribution in [0.25, 0.3) is 5.69 Å². The summed E-state index contributed by atoms with van der Waals surface area (Å²) in [5.41, 5.74) is 2.27. The number of aliphatic hydroxyl groups is 1. The van der Waals surface area contributed by atoms with Crippen molar-refractivity contribution in [3.8, 4) is 5.69 Å². The van der Waals surface area contributed by atoms with Crippen molar-refractivity contribution in [3.05, 3.63) is 58.4 Å². The summed E-state index contributed by atoms with van der Waals surface area (Å²) in [6.45, 7) is 3.56. The van der Waals surface area contributed by atoms with Crippen molar-refractivity contribution < 1.29 is 9.90 Å². The zero-order valence-electron chi connectivity index (χ0n) is 17.3. The number of aryl methyl sites for hydroxylation is 1. The van der Waals surface area contributed by atoms with E-state index in [4.69, 9.17) is 0 Å². The second kappa shape index (κ2) is 8.78. The van der Waals surface area contributed by atoms with E-state index in [9.17, 15) is 14.7 Å². The first kappa shape index (κ1) is 21.1. The maximum atomic E-state index is 12.7. The van der Waals surface area contributed by atoms with E-state index in [1.54, 1.807) is 61.2 Å². The number of nitrogens with zero attached hydrogens (tertiary/aromatic N) is 4. The molecule has 0 radical (unpaired) electrons. The van der Waals surface area contributed by atoms with Crippen LogP contribution in [0.3, 0.4) is 0 Å². The molecule has 3 aromatic heterocycles. The standard InChI is InChI=1S/C20H25N7O3/c1-12-5-8-23-27(12)17-9-16(18(26(3)4)25-20(17)30)24-15-6-7-21-11-14(15)19(29)22-10-13(2)28/h5-9,11,13,28H,10H2,1-4H3,(H,21,24)(H,22,29)(H,25,30). The van der Waals surface area contributed by atoms with Gasteiger partial charge in [0.2, 0.25) is 0 Å². The Morgan fingerprint density at radius 2 is 2.07 bits per heavy atom. The molecular weight excluding hydrogens is 386 g/mol. The van der Waals surface area contributed by atoms with Gasteiger partial charge in [-0.25, -0.2) is 4.68 Å². The van der Waals surface area contributed by atoms with Crippen molar-refractivity contribution in [1.82, 2.24) is 25.1 Å². The van der Waals surface area contributed by atoms with E-state index >= 15 is 0 Å². The molecule has 1 atom stereocenters. The Kier molecular flexibility index (Phi) is 6.17. The molecule has 0 aliphatic rings. The molecule has 3 heterocycles. The van der Waals surface area contributed by atoms with Crippen LogP contribution in [0.4, 0.5) is 17.2 Å². The van der Waals surface area contributed by atoms with Crippen molar-refractivity contribution in [1.29, 1.82) is 0 Å². The maximum Gasteiger partial charge on any atom is 0.275 e. The molecule has 1 amide bonds. The smallest absolute Gasteiger partial charge is 0.275 e. The van der Waals surface area contributed by atoms with Gasteiger partial charge in [-0.1, -0.05) is 0 Å². The summed E-state index contributed by atoms with van der Waals surface area (Å²) in [5.74, 6) is 0.172. The van der Waals surface area contributed by atoms with Crippen molar-refractivity contribution >= 4 is 23.1 Å². The number of aromatic amines is 1. The number of H-pyrrole nitrogens is 1. The molecule has 0 bridgehead atoms. The fourth-order valence-electron chi connectivity index (χ4n) is 2.90.